The highest BCUT2D eigenvalue weighted by atomic mass is 16.3. The first kappa shape index (κ1) is 17.5. The molecule has 4 heteroatoms. The molecule has 0 aliphatic heterocycles. The Balaban J connectivity index is 2.41. The van der Waals surface area contributed by atoms with Gasteiger partial charge in [-0.1, -0.05) is 51.1 Å². The van der Waals surface area contributed by atoms with Gasteiger partial charge < -0.3 is 15.7 Å². The maximum atomic E-state index is 12.0. The standard InChI is InChI=1S/C17H28N2O2/c1-4-15(12-14-8-6-5-7-9-14)19-16(21)18-13-17(2,3)10-11-20/h5-9,15,20H,4,10-13H2,1-3H3,(H2,18,19,21). The van der Waals surface area contributed by atoms with Crippen LogP contribution in [0.15, 0.2) is 30.3 Å². The Labute approximate surface area is 128 Å². The second kappa shape index (κ2) is 8.67. The van der Waals surface area contributed by atoms with E-state index in [4.69, 9.17) is 5.11 Å². The summed E-state index contributed by atoms with van der Waals surface area (Å²) in [6, 6.07) is 10.2. The summed E-state index contributed by atoms with van der Waals surface area (Å²) in [5.41, 5.74) is 1.14. The maximum absolute atomic E-state index is 12.0. The van der Waals surface area contributed by atoms with Crippen LogP contribution < -0.4 is 10.6 Å². The van der Waals surface area contributed by atoms with Crippen molar-refractivity contribution in [1.29, 1.82) is 0 Å². The van der Waals surface area contributed by atoms with E-state index < -0.39 is 0 Å². The van der Waals surface area contributed by atoms with Crippen LogP contribution in [0.4, 0.5) is 4.79 Å². The van der Waals surface area contributed by atoms with Crippen molar-refractivity contribution in [3.8, 4) is 0 Å². The zero-order valence-electron chi connectivity index (χ0n) is 13.4. The van der Waals surface area contributed by atoms with E-state index in [2.05, 4.69) is 29.7 Å². The molecule has 0 saturated carbocycles. The van der Waals surface area contributed by atoms with Crippen molar-refractivity contribution in [3.63, 3.8) is 0 Å². The topological polar surface area (TPSA) is 61.4 Å². The monoisotopic (exact) mass is 292 g/mol. The van der Waals surface area contributed by atoms with Gasteiger partial charge in [-0.3, -0.25) is 0 Å². The van der Waals surface area contributed by atoms with Gasteiger partial charge in [-0.2, -0.15) is 0 Å². The summed E-state index contributed by atoms with van der Waals surface area (Å²) < 4.78 is 0. The van der Waals surface area contributed by atoms with E-state index in [1.165, 1.54) is 5.56 Å². The predicted molar refractivity (Wildman–Crippen MR) is 86.2 cm³/mol. The number of nitrogens with one attached hydrogen (secondary N) is 2. The van der Waals surface area contributed by atoms with E-state index in [1.807, 2.05) is 32.0 Å². The van der Waals surface area contributed by atoms with Gasteiger partial charge >= 0.3 is 6.03 Å². The largest absolute Gasteiger partial charge is 0.396 e. The third-order valence-corrected chi connectivity index (χ3v) is 3.67. The van der Waals surface area contributed by atoms with Gasteiger partial charge in [0.25, 0.3) is 0 Å². The molecule has 0 aromatic heterocycles. The first-order valence-corrected chi connectivity index (χ1v) is 7.66. The number of benzene rings is 1. The molecule has 0 fully saturated rings. The number of urea groups is 1. The fourth-order valence-electron chi connectivity index (χ4n) is 2.14. The molecule has 1 unspecified atom stereocenters. The quantitative estimate of drug-likeness (QED) is 0.690. The maximum Gasteiger partial charge on any atom is 0.315 e. The average molecular weight is 292 g/mol. The van der Waals surface area contributed by atoms with E-state index in [9.17, 15) is 4.79 Å². The lowest BCUT2D eigenvalue weighted by molar-refractivity contribution is 0.200. The highest BCUT2D eigenvalue weighted by molar-refractivity contribution is 5.74. The summed E-state index contributed by atoms with van der Waals surface area (Å²) in [6.45, 7) is 6.84. The summed E-state index contributed by atoms with van der Waals surface area (Å²) in [7, 11) is 0. The third kappa shape index (κ3) is 7.14. The summed E-state index contributed by atoms with van der Waals surface area (Å²) >= 11 is 0. The lowest BCUT2D eigenvalue weighted by atomic mass is 9.90. The minimum absolute atomic E-state index is 0.0900. The van der Waals surface area contributed by atoms with Crippen LogP contribution in [0.2, 0.25) is 0 Å². The number of aliphatic hydroxyl groups excluding tert-OH is 1. The molecule has 0 radical (unpaired) electrons. The molecule has 1 aromatic rings. The number of rotatable bonds is 8. The number of hydrogen-bond donors (Lipinski definition) is 3. The van der Waals surface area contributed by atoms with Crippen LogP contribution in [0.5, 0.6) is 0 Å². The Bertz CT molecular complexity index is 418. The van der Waals surface area contributed by atoms with E-state index >= 15 is 0 Å². The summed E-state index contributed by atoms with van der Waals surface area (Å²) in [5, 5.41) is 14.9. The van der Waals surface area contributed by atoms with Crippen molar-refractivity contribution in [2.75, 3.05) is 13.2 Å². The summed E-state index contributed by atoms with van der Waals surface area (Å²) in [6.07, 6.45) is 2.40. The van der Waals surface area contributed by atoms with Crippen LogP contribution in [-0.2, 0) is 6.42 Å². The van der Waals surface area contributed by atoms with Gasteiger partial charge in [0.15, 0.2) is 0 Å². The Hall–Kier alpha value is -1.55. The normalized spacial score (nSPS) is 12.8. The lowest BCUT2D eigenvalue weighted by Crippen LogP contribution is -2.45. The van der Waals surface area contributed by atoms with Crippen LogP contribution in [-0.4, -0.2) is 30.3 Å². The molecule has 0 heterocycles. The van der Waals surface area contributed by atoms with Crippen molar-refractivity contribution >= 4 is 6.03 Å². The Morgan fingerprint density at radius 2 is 1.95 bits per heavy atom. The number of aliphatic hydroxyl groups is 1. The van der Waals surface area contributed by atoms with Crippen LogP contribution in [0.3, 0.4) is 0 Å². The summed E-state index contributed by atoms with van der Waals surface area (Å²) in [5.74, 6) is 0. The zero-order valence-corrected chi connectivity index (χ0v) is 13.4. The van der Waals surface area contributed by atoms with Crippen LogP contribution in [0.25, 0.3) is 0 Å². The zero-order chi connectivity index (χ0) is 15.7. The lowest BCUT2D eigenvalue weighted by Gasteiger charge is -2.25. The highest BCUT2D eigenvalue weighted by Crippen LogP contribution is 2.17. The molecule has 1 aromatic carbocycles. The molecule has 0 saturated heterocycles. The first-order valence-electron chi connectivity index (χ1n) is 7.66. The fourth-order valence-corrected chi connectivity index (χ4v) is 2.14. The van der Waals surface area contributed by atoms with E-state index in [0.29, 0.717) is 13.0 Å². The second-order valence-corrected chi connectivity index (χ2v) is 6.26. The predicted octanol–water partition coefficient (Wildman–Crippen LogP) is 2.72. The van der Waals surface area contributed by atoms with Gasteiger partial charge in [0.1, 0.15) is 0 Å². The molecule has 21 heavy (non-hydrogen) atoms. The minimum atomic E-state index is -0.135. The van der Waals surface area contributed by atoms with Gasteiger partial charge in [0, 0.05) is 19.2 Å². The van der Waals surface area contributed by atoms with Gasteiger partial charge in [0.2, 0.25) is 0 Å². The molecule has 3 N–H and O–H groups in total. The van der Waals surface area contributed by atoms with Gasteiger partial charge in [0.05, 0.1) is 0 Å². The molecular weight excluding hydrogens is 264 g/mol. The number of amides is 2. The molecule has 1 rings (SSSR count). The van der Waals surface area contributed by atoms with Crippen molar-refractivity contribution in [3.05, 3.63) is 35.9 Å². The molecule has 2 amide bonds. The molecule has 0 spiro atoms. The van der Waals surface area contributed by atoms with Crippen molar-refractivity contribution in [2.24, 2.45) is 5.41 Å². The van der Waals surface area contributed by atoms with Crippen LogP contribution in [0.1, 0.15) is 39.2 Å². The van der Waals surface area contributed by atoms with Crippen LogP contribution >= 0.6 is 0 Å². The molecule has 0 bridgehead atoms. The van der Waals surface area contributed by atoms with Gasteiger partial charge in [-0.15, -0.1) is 0 Å². The molecule has 0 aliphatic carbocycles. The molecular formula is C17H28N2O2. The summed E-state index contributed by atoms with van der Waals surface area (Å²) in [4.78, 5) is 12.0. The van der Waals surface area contributed by atoms with Gasteiger partial charge in [-0.25, -0.2) is 4.79 Å². The highest BCUT2D eigenvalue weighted by Gasteiger charge is 2.19. The fraction of sp³-hybridized carbons (Fsp3) is 0.588. The van der Waals surface area contributed by atoms with E-state index in [0.717, 1.165) is 12.8 Å². The minimum Gasteiger partial charge on any atom is -0.396 e. The molecule has 0 aliphatic rings. The Morgan fingerprint density at radius 3 is 2.52 bits per heavy atom. The Morgan fingerprint density at radius 1 is 1.29 bits per heavy atom. The first-order chi connectivity index (χ1) is 9.96. The molecule has 118 valence electrons. The SMILES string of the molecule is CCC(Cc1ccccc1)NC(=O)NCC(C)(C)CCO. The molecule has 1 atom stereocenters. The smallest absolute Gasteiger partial charge is 0.315 e. The van der Waals surface area contributed by atoms with Gasteiger partial charge in [-0.05, 0) is 30.2 Å². The number of hydrogen-bond acceptors (Lipinski definition) is 2. The van der Waals surface area contributed by atoms with Crippen molar-refractivity contribution in [1.82, 2.24) is 10.6 Å². The second-order valence-electron chi connectivity index (χ2n) is 6.26. The van der Waals surface area contributed by atoms with Crippen molar-refractivity contribution in [2.45, 2.75) is 46.1 Å². The average Bonchev–Trinajstić information content (AvgIpc) is 2.45. The number of carbonyl (C=O) groups is 1. The number of carbonyl (C=O) groups excluding carboxylic acids is 1. The van der Waals surface area contributed by atoms with Crippen molar-refractivity contribution < 1.29 is 9.90 Å². The molecule has 4 nitrogen and oxygen atoms in total. The van der Waals surface area contributed by atoms with Crippen LogP contribution in [0, 0.1) is 5.41 Å². The van der Waals surface area contributed by atoms with E-state index in [-0.39, 0.29) is 24.1 Å². The Kier molecular flexibility index (Phi) is 7.23. The third-order valence-electron chi connectivity index (χ3n) is 3.67. The van der Waals surface area contributed by atoms with E-state index in [1.54, 1.807) is 0 Å².